The molecule has 0 spiro atoms. The summed E-state index contributed by atoms with van der Waals surface area (Å²) in [5, 5.41) is 4.82. The van der Waals surface area contributed by atoms with Gasteiger partial charge >= 0.3 is 5.69 Å². The Morgan fingerprint density at radius 2 is 2.14 bits per heavy atom. The van der Waals surface area contributed by atoms with Crippen molar-refractivity contribution < 1.29 is 0 Å². The zero-order valence-corrected chi connectivity index (χ0v) is 7.27. The third-order valence-electron chi connectivity index (χ3n) is 2.28. The van der Waals surface area contributed by atoms with Crippen LogP contribution >= 0.6 is 0 Å². The Morgan fingerprint density at radius 1 is 1.29 bits per heavy atom. The SMILES string of the molecule is O=c1ncc2c3ccccc3cn2[nH]1. The maximum absolute atomic E-state index is 11.0. The van der Waals surface area contributed by atoms with Crippen molar-refractivity contribution in [2.24, 2.45) is 0 Å². The molecule has 68 valence electrons. The third-order valence-corrected chi connectivity index (χ3v) is 2.28. The fraction of sp³-hybridized carbons (Fsp3) is 0. The van der Waals surface area contributed by atoms with Crippen LogP contribution in [0.5, 0.6) is 0 Å². The molecule has 0 aliphatic heterocycles. The van der Waals surface area contributed by atoms with E-state index >= 15 is 0 Å². The molecule has 0 saturated heterocycles. The highest BCUT2D eigenvalue weighted by molar-refractivity contribution is 5.96. The van der Waals surface area contributed by atoms with Gasteiger partial charge in [-0.1, -0.05) is 24.3 Å². The second kappa shape index (κ2) is 2.45. The van der Waals surface area contributed by atoms with Crippen LogP contribution in [0.1, 0.15) is 0 Å². The van der Waals surface area contributed by atoms with Gasteiger partial charge in [0.15, 0.2) is 0 Å². The van der Waals surface area contributed by atoms with Crippen molar-refractivity contribution in [2.45, 2.75) is 0 Å². The van der Waals surface area contributed by atoms with Crippen LogP contribution in [-0.4, -0.2) is 14.6 Å². The molecular weight excluding hydrogens is 178 g/mol. The van der Waals surface area contributed by atoms with Gasteiger partial charge in [-0.2, -0.15) is 4.98 Å². The molecule has 2 aromatic heterocycles. The molecule has 0 fully saturated rings. The molecule has 2 heterocycles. The fourth-order valence-corrected chi connectivity index (χ4v) is 1.66. The summed E-state index contributed by atoms with van der Waals surface area (Å²) in [5.74, 6) is 0. The number of fused-ring (bicyclic) bond motifs is 3. The Hall–Kier alpha value is -2.10. The van der Waals surface area contributed by atoms with Crippen molar-refractivity contribution in [3.8, 4) is 0 Å². The van der Waals surface area contributed by atoms with Gasteiger partial charge in [-0.25, -0.2) is 9.89 Å². The predicted octanol–water partition coefficient (Wildman–Crippen LogP) is 1.18. The van der Waals surface area contributed by atoms with Crippen molar-refractivity contribution in [3.05, 3.63) is 47.1 Å². The number of hydrogen-bond donors (Lipinski definition) is 1. The summed E-state index contributed by atoms with van der Waals surface area (Å²) in [5.41, 5.74) is 0.581. The van der Waals surface area contributed by atoms with E-state index in [1.165, 1.54) is 0 Å². The molecule has 3 aromatic rings. The molecule has 1 aromatic carbocycles. The summed E-state index contributed by atoms with van der Waals surface area (Å²) < 4.78 is 1.69. The number of nitrogens with one attached hydrogen (secondary N) is 1. The van der Waals surface area contributed by atoms with E-state index in [2.05, 4.69) is 10.1 Å². The number of aromatic amines is 1. The molecule has 0 unspecified atom stereocenters. The number of aromatic nitrogens is 3. The molecule has 4 heteroatoms. The van der Waals surface area contributed by atoms with Crippen LogP contribution in [0.25, 0.3) is 16.3 Å². The maximum Gasteiger partial charge on any atom is 0.360 e. The van der Waals surface area contributed by atoms with E-state index in [9.17, 15) is 4.79 Å². The van der Waals surface area contributed by atoms with Crippen molar-refractivity contribution in [3.63, 3.8) is 0 Å². The second-order valence-electron chi connectivity index (χ2n) is 3.15. The van der Waals surface area contributed by atoms with E-state index in [1.54, 1.807) is 10.7 Å². The Labute approximate surface area is 78.8 Å². The molecule has 0 radical (unpaired) electrons. The fourth-order valence-electron chi connectivity index (χ4n) is 1.66. The van der Waals surface area contributed by atoms with Crippen LogP contribution in [-0.2, 0) is 0 Å². The van der Waals surface area contributed by atoms with Crippen LogP contribution in [0.3, 0.4) is 0 Å². The Morgan fingerprint density at radius 3 is 3.07 bits per heavy atom. The van der Waals surface area contributed by atoms with Gasteiger partial charge in [0, 0.05) is 17.0 Å². The smallest absolute Gasteiger partial charge is 0.257 e. The molecule has 1 N–H and O–H groups in total. The number of benzene rings is 1. The minimum Gasteiger partial charge on any atom is -0.257 e. The maximum atomic E-state index is 11.0. The highest BCUT2D eigenvalue weighted by Gasteiger charge is 2.01. The minimum atomic E-state index is -0.335. The van der Waals surface area contributed by atoms with E-state index < -0.39 is 0 Å². The molecule has 0 amide bonds. The van der Waals surface area contributed by atoms with Crippen molar-refractivity contribution >= 4 is 16.3 Å². The highest BCUT2D eigenvalue weighted by atomic mass is 16.1. The molecule has 3 rings (SSSR count). The molecule has 14 heavy (non-hydrogen) atoms. The van der Waals surface area contributed by atoms with Gasteiger partial charge < -0.3 is 0 Å². The topological polar surface area (TPSA) is 50.2 Å². The minimum absolute atomic E-state index is 0.335. The summed E-state index contributed by atoms with van der Waals surface area (Å²) in [4.78, 5) is 14.7. The van der Waals surface area contributed by atoms with Crippen LogP contribution in [0, 0.1) is 0 Å². The normalized spacial score (nSPS) is 11.1. The number of rotatable bonds is 0. The van der Waals surface area contributed by atoms with Crippen molar-refractivity contribution in [2.75, 3.05) is 0 Å². The van der Waals surface area contributed by atoms with Gasteiger partial charge in [-0.3, -0.25) is 4.52 Å². The monoisotopic (exact) mass is 185 g/mol. The average Bonchev–Trinajstić information content (AvgIpc) is 2.54. The summed E-state index contributed by atoms with van der Waals surface area (Å²) in [6.07, 6.45) is 3.47. The number of nitrogens with zero attached hydrogens (tertiary/aromatic N) is 2. The van der Waals surface area contributed by atoms with Gasteiger partial charge in [-0.05, 0) is 0 Å². The van der Waals surface area contributed by atoms with E-state index in [4.69, 9.17) is 0 Å². The molecular formula is C10H7N3O. The molecule has 0 bridgehead atoms. The molecule has 0 aliphatic rings. The predicted molar refractivity (Wildman–Crippen MR) is 53.3 cm³/mol. The van der Waals surface area contributed by atoms with E-state index in [0.29, 0.717) is 0 Å². The van der Waals surface area contributed by atoms with Crippen LogP contribution in [0.15, 0.2) is 41.5 Å². The summed E-state index contributed by atoms with van der Waals surface area (Å²) >= 11 is 0. The first kappa shape index (κ1) is 7.32. The third kappa shape index (κ3) is 0.877. The van der Waals surface area contributed by atoms with E-state index in [0.717, 1.165) is 16.3 Å². The number of H-pyrrole nitrogens is 1. The standard InChI is InChI=1S/C10H7N3O/c14-10-11-5-9-8-4-2-1-3-7(8)6-13(9)12-10/h1-6H,(H,12,14). The van der Waals surface area contributed by atoms with Gasteiger partial charge in [0.2, 0.25) is 0 Å². The molecule has 0 atom stereocenters. The summed E-state index contributed by atoms with van der Waals surface area (Å²) in [6, 6.07) is 7.94. The first-order valence-electron chi connectivity index (χ1n) is 4.30. The van der Waals surface area contributed by atoms with Gasteiger partial charge in [-0.15, -0.1) is 0 Å². The van der Waals surface area contributed by atoms with Crippen LogP contribution in [0.2, 0.25) is 0 Å². The van der Waals surface area contributed by atoms with Crippen molar-refractivity contribution in [1.29, 1.82) is 0 Å². The lowest BCUT2D eigenvalue weighted by atomic mass is 10.2. The lowest BCUT2D eigenvalue weighted by Crippen LogP contribution is -2.12. The average molecular weight is 185 g/mol. The number of hydrogen-bond acceptors (Lipinski definition) is 2. The Bertz CT molecular complexity index is 665. The Kier molecular flexibility index (Phi) is 1.28. The molecule has 4 nitrogen and oxygen atoms in total. The van der Waals surface area contributed by atoms with Gasteiger partial charge in [0.05, 0.1) is 11.7 Å². The lowest BCUT2D eigenvalue weighted by molar-refractivity contribution is 0.863. The van der Waals surface area contributed by atoms with E-state index in [1.807, 2.05) is 30.5 Å². The van der Waals surface area contributed by atoms with Crippen molar-refractivity contribution in [1.82, 2.24) is 14.6 Å². The molecule has 0 aliphatic carbocycles. The summed E-state index contributed by atoms with van der Waals surface area (Å²) in [6.45, 7) is 0. The lowest BCUT2D eigenvalue weighted by Gasteiger charge is -1.91. The second-order valence-corrected chi connectivity index (χ2v) is 3.15. The first-order chi connectivity index (χ1) is 6.84. The first-order valence-corrected chi connectivity index (χ1v) is 4.30. The van der Waals surface area contributed by atoms with Crippen LogP contribution in [0.4, 0.5) is 0 Å². The van der Waals surface area contributed by atoms with Gasteiger partial charge in [0.1, 0.15) is 0 Å². The van der Waals surface area contributed by atoms with Crippen LogP contribution < -0.4 is 5.69 Å². The zero-order valence-electron chi connectivity index (χ0n) is 7.27. The quantitative estimate of drug-likeness (QED) is 0.571. The summed E-state index contributed by atoms with van der Waals surface area (Å²) in [7, 11) is 0. The highest BCUT2D eigenvalue weighted by Crippen LogP contribution is 2.18. The van der Waals surface area contributed by atoms with E-state index in [-0.39, 0.29) is 5.69 Å². The Balaban J connectivity index is 2.63. The largest absolute Gasteiger partial charge is 0.360 e. The molecule has 0 saturated carbocycles. The van der Waals surface area contributed by atoms with Gasteiger partial charge in [0.25, 0.3) is 0 Å². The zero-order chi connectivity index (χ0) is 9.54.